The summed E-state index contributed by atoms with van der Waals surface area (Å²) in [6.45, 7) is 8.76. The Morgan fingerprint density at radius 3 is 2.54 bits per heavy atom. The highest BCUT2D eigenvalue weighted by Crippen LogP contribution is 2.26. The van der Waals surface area contributed by atoms with E-state index in [1.807, 2.05) is 32.6 Å². The number of hydrogen-bond donors (Lipinski definition) is 0. The first kappa shape index (κ1) is 18.0. The molecule has 0 aromatic heterocycles. The van der Waals surface area contributed by atoms with E-state index < -0.39 is 22.0 Å². The number of carbonyl (C=O) groups excluding carboxylic acids is 1. The Kier molecular flexibility index (Phi) is 4.96. The second-order valence-corrected chi connectivity index (χ2v) is 6.86. The fourth-order valence-corrected chi connectivity index (χ4v) is 2.62. The van der Waals surface area contributed by atoms with Gasteiger partial charge in [-0.25, -0.2) is 4.79 Å². The first-order valence-corrected chi connectivity index (χ1v) is 7.77. The van der Waals surface area contributed by atoms with E-state index in [1.165, 1.54) is 6.07 Å². The molecule has 1 aliphatic heterocycles. The number of nitro benzene ring substituents is 1. The molecule has 2 rings (SSSR count). The van der Waals surface area contributed by atoms with Crippen LogP contribution in [0.4, 0.5) is 20.6 Å². The number of nitrogens with zero attached hydrogens (tertiary/aromatic N) is 3. The molecular formula is C16H22FN3O4. The number of benzene rings is 1. The quantitative estimate of drug-likeness (QED) is 0.611. The van der Waals surface area contributed by atoms with Gasteiger partial charge in [0.1, 0.15) is 5.60 Å². The third kappa shape index (κ3) is 4.12. The molecule has 0 spiro atoms. The lowest BCUT2D eigenvalue weighted by atomic mass is 10.1. The Hall–Kier alpha value is -2.38. The monoisotopic (exact) mass is 339 g/mol. The van der Waals surface area contributed by atoms with Crippen LogP contribution in [-0.4, -0.2) is 47.2 Å². The second kappa shape index (κ2) is 6.62. The van der Waals surface area contributed by atoms with Crippen LogP contribution in [0.15, 0.2) is 18.2 Å². The highest BCUT2D eigenvalue weighted by Gasteiger charge is 2.31. The predicted octanol–water partition coefficient (Wildman–Crippen LogP) is 3.18. The summed E-state index contributed by atoms with van der Waals surface area (Å²) in [5, 5.41) is 10.7. The molecule has 0 bridgehead atoms. The van der Waals surface area contributed by atoms with E-state index >= 15 is 0 Å². The largest absolute Gasteiger partial charge is 0.444 e. The molecule has 1 heterocycles. The van der Waals surface area contributed by atoms with E-state index in [4.69, 9.17) is 4.74 Å². The molecule has 0 unspecified atom stereocenters. The number of piperazine rings is 1. The molecule has 1 aliphatic rings. The third-order valence-corrected chi connectivity index (χ3v) is 3.75. The van der Waals surface area contributed by atoms with Crippen LogP contribution in [-0.2, 0) is 4.74 Å². The normalized spacial score (nSPS) is 18.5. The summed E-state index contributed by atoms with van der Waals surface area (Å²) < 4.78 is 19.2. The number of carbonyl (C=O) groups is 1. The second-order valence-electron chi connectivity index (χ2n) is 6.86. The Morgan fingerprint density at radius 1 is 1.38 bits per heavy atom. The van der Waals surface area contributed by atoms with Gasteiger partial charge >= 0.3 is 11.8 Å². The smallest absolute Gasteiger partial charge is 0.410 e. The van der Waals surface area contributed by atoms with Crippen molar-refractivity contribution in [2.45, 2.75) is 39.3 Å². The SMILES string of the molecule is C[C@H]1CN(c2ccc([N+](=O)[O-])c(F)c2)CCN1C(=O)OC(C)(C)C. The molecule has 0 saturated carbocycles. The maximum absolute atomic E-state index is 13.8. The van der Waals surface area contributed by atoms with Crippen molar-refractivity contribution >= 4 is 17.5 Å². The fraction of sp³-hybridized carbons (Fsp3) is 0.562. The molecule has 0 N–H and O–H groups in total. The molecular weight excluding hydrogens is 317 g/mol. The van der Waals surface area contributed by atoms with Crippen molar-refractivity contribution in [1.82, 2.24) is 4.90 Å². The molecule has 1 atom stereocenters. The number of halogens is 1. The molecule has 8 heteroatoms. The van der Waals surface area contributed by atoms with E-state index in [-0.39, 0.29) is 12.1 Å². The number of nitro groups is 1. The lowest BCUT2D eigenvalue weighted by molar-refractivity contribution is -0.387. The van der Waals surface area contributed by atoms with Crippen LogP contribution in [0.25, 0.3) is 0 Å². The summed E-state index contributed by atoms with van der Waals surface area (Å²) in [6.07, 6.45) is -0.371. The van der Waals surface area contributed by atoms with Crippen LogP contribution >= 0.6 is 0 Å². The lowest BCUT2D eigenvalue weighted by Crippen LogP contribution is -2.55. The highest BCUT2D eigenvalue weighted by molar-refractivity contribution is 5.69. The van der Waals surface area contributed by atoms with E-state index in [1.54, 1.807) is 4.90 Å². The van der Waals surface area contributed by atoms with Crippen molar-refractivity contribution in [3.8, 4) is 0 Å². The molecule has 0 aliphatic carbocycles. The summed E-state index contributed by atoms with van der Waals surface area (Å²) in [7, 11) is 0. The maximum Gasteiger partial charge on any atom is 0.410 e. The van der Waals surface area contributed by atoms with E-state index in [0.29, 0.717) is 25.3 Å². The standard InChI is InChI=1S/C16H22FN3O4/c1-11-10-18(7-8-19(11)15(21)24-16(2,3)4)12-5-6-14(20(22)23)13(17)9-12/h5-6,9,11H,7-8,10H2,1-4H3/t11-/m0/s1. The minimum absolute atomic E-state index is 0.119. The van der Waals surface area contributed by atoms with Crippen LogP contribution in [0.1, 0.15) is 27.7 Å². The van der Waals surface area contributed by atoms with E-state index in [9.17, 15) is 19.3 Å². The predicted molar refractivity (Wildman–Crippen MR) is 87.7 cm³/mol. The minimum Gasteiger partial charge on any atom is -0.444 e. The van der Waals surface area contributed by atoms with Crippen molar-refractivity contribution in [2.24, 2.45) is 0 Å². The van der Waals surface area contributed by atoms with Gasteiger partial charge in [-0.05, 0) is 33.8 Å². The third-order valence-electron chi connectivity index (χ3n) is 3.75. The minimum atomic E-state index is -0.861. The van der Waals surface area contributed by atoms with Crippen molar-refractivity contribution in [1.29, 1.82) is 0 Å². The van der Waals surface area contributed by atoms with Gasteiger partial charge in [0.25, 0.3) is 0 Å². The summed E-state index contributed by atoms with van der Waals surface area (Å²) >= 11 is 0. The Labute approximate surface area is 140 Å². The van der Waals surface area contributed by atoms with Gasteiger partial charge in [-0.3, -0.25) is 10.1 Å². The molecule has 0 radical (unpaired) electrons. The Morgan fingerprint density at radius 2 is 2.04 bits per heavy atom. The number of rotatable bonds is 2. The van der Waals surface area contributed by atoms with Crippen LogP contribution in [0.3, 0.4) is 0 Å². The van der Waals surface area contributed by atoms with Gasteiger partial charge in [0, 0.05) is 43.5 Å². The number of ether oxygens (including phenoxy) is 1. The highest BCUT2D eigenvalue weighted by atomic mass is 19.1. The van der Waals surface area contributed by atoms with Gasteiger partial charge < -0.3 is 14.5 Å². The Bertz CT molecular complexity index is 645. The van der Waals surface area contributed by atoms with Gasteiger partial charge in [-0.2, -0.15) is 4.39 Å². The zero-order chi connectivity index (χ0) is 18.1. The lowest BCUT2D eigenvalue weighted by Gasteiger charge is -2.41. The molecule has 1 aromatic rings. The fourth-order valence-electron chi connectivity index (χ4n) is 2.62. The molecule has 1 amide bonds. The average molecular weight is 339 g/mol. The molecule has 1 aromatic carbocycles. The number of amides is 1. The number of anilines is 1. The maximum atomic E-state index is 13.8. The summed E-state index contributed by atoms with van der Waals surface area (Å²) in [5.41, 5.74) is -0.539. The molecule has 1 fully saturated rings. The molecule has 7 nitrogen and oxygen atoms in total. The van der Waals surface area contributed by atoms with Gasteiger partial charge in [0.2, 0.25) is 5.82 Å². The average Bonchev–Trinajstić information content (AvgIpc) is 2.44. The van der Waals surface area contributed by atoms with Crippen molar-refractivity contribution in [2.75, 3.05) is 24.5 Å². The van der Waals surface area contributed by atoms with E-state index in [0.717, 1.165) is 12.1 Å². The van der Waals surface area contributed by atoms with Crippen molar-refractivity contribution in [3.63, 3.8) is 0 Å². The van der Waals surface area contributed by atoms with Crippen LogP contribution < -0.4 is 4.90 Å². The Balaban J connectivity index is 2.07. The molecule has 132 valence electrons. The van der Waals surface area contributed by atoms with Gasteiger partial charge in [-0.1, -0.05) is 0 Å². The van der Waals surface area contributed by atoms with Gasteiger partial charge in [-0.15, -0.1) is 0 Å². The van der Waals surface area contributed by atoms with Crippen LogP contribution in [0.5, 0.6) is 0 Å². The van der Waals surface area contributed by atoms with Gasteiger partial charge in [0.05, 0.1) is 4.92 Å². The molecule has 1 saturated heterocycles. The first-order valence-electron chi connectivity index (χ1n) is 7.77. The van der Waals surface area contributed by atoms with Crippen molar-refractivity contribution < 1.29 is 18.8 Å². The van der Waals surface area contributed by atoms with Gasteiger partial charge in [0.15, 0.2) is 0 Å². The van der Waals surface area contributed by atoms with Crippen LogP contribution in [0.2, 0.25) is 0 Å². The zero-order valence-corrected chi connectivity index (χ0v) is 14.3. The molecule has 24 heavy (non-hydrogen) atoms. The summed E-state index contributed by atoms with van der Waals surface area (Å²) in [4.78, 5) is 25.7. The van der Waals surface area contributed by atoms with Crippen LogP contribution in [0, 0.1) is 15.9 Å². The summed E-state index contributed by atoms with van der Waals surface area (Å²) in [5.74, 6) is -0.861. The number of hydrogen-bond acceptors (Lipinski definition) is 5. The topological polar surface area (TPSA) is 75.9 Å². The zero-order valence-electron chi connectivity index (χ0n) is 14.3. The van der Waals surface area contributed by atoms with Crippen molar-refractivity contribution in [3.05, 3.63) is 34.1 Å². The van der Waals surface area contributed by atoms with E-state index in [2.05, 4.69) is 0 Å². The first-order chi connectivity index (χ1) is 11.1. The summed E-state index contributed by atoms with van der Waals surface area (Å²) in [6, 6.07) is 3.73.